The molecule has 17 heavy (non-hydrogen) atoms. The fraction of sp³-hybridized carbons (Fsp3) is 0.286. The standard InChI is InChI=1S/C14H17NOS/c1-11(15-10-12-6-5-9-17-12)13-7-3-4-8-14(13)16-2/h3-9,11,15H,10H2,1-2H3. The summed E-state index contributed by atoms with van der Waals surface area (Å²) in [4.78, 5) is 1.35. The lowest BCUT2D eigenvalue weighted by Crippen LogP contribution is -2.18. The molecule has 1 atom stereocenters. The highest BCUT2D eigenvalue weighted by Gasteiger charge is 2.09. The van der Waals surface area contributed by atoms with Crippen LogP contribution in [0.3, 0.4) is 0 Å². The van der Waals surface area contributed by atoms with Gasteiger partial charge in [0.15, 0.2) is 0 Å². The number of benzene rings is 1. The molecule has 2 rings (SSSR count). The van der Waals surface area contributed by atoms with E-state index in [9.17, 15) is 0 Å². The van der Waals surface area contributed by atoms with Gasteiger partial charge in [-0.2, -0.15) is 0 Å². The van der Waals surface area contributed by atoms with Crippen LogP contribution in [0.1, 0.15) is 23.4 Å². The van der Waals surface area contributed by atoms with Crippen LogP contribution in [-0.2, 0) is 6.54 Å². The molecule has 1 aromatic carbocycles. The van der Waals surface area contributed by atoms with E-state index in [0.29, 0.717) is 0 Å². The first-order valence-electron chi connectivity index (χ1n) is 5.70. The molecule has 1 unspecified atom stereocenters. The molecule has 1 N–H and O–H groups in total. The van der Waals surface area contributed by atoms with Crippen molar-refractivity contribution in [1.29, 1.82) is 0 Å². The Labute approximate surface area is 106 Å². The second-order valence-electron chi connectivity index (χ2n) is 3.92. The van der Waals surface area contributed by atoms with Gasteiger partial charge >= 0.3 is 0 Å². The Morgan fingerprint density at radius 1 is 1.24 bits per heavy atom. The lowest BCUT2D eigenvalue weighted by atomic mass is 10.1. The van der Waals surface area contributed by atoms with E-state index in [4.69, 9.17) is 4.74 Å². The second kappa shape index (κ2) is 5.84. The zero-order chi connectivity index (χ0) is 12.1. The molecule has 0 bridgehead atoms. The summed E-state index contributed by atoms with van der Waals surface area (Å²) in [6.45, 7) is 3.06. The summed E-state index contributed by atoms with van der Waals surface area (Å²) in [7, 11) is 1.71. The Morgan fingerprint density at radius 2 is 2.06 bits per heavy atom. The van der Waals surface area contributed by atoms with Crippen LogP contribution < -0.4 is 10.1 Å². The molecule has 0 saturated heterocycles. The van der Waals surface area contributed by atoms with Crippen molar-refractivity contribution in [3.8, 4) is 5.75 Å². The van der Waals surface area contributed by atoms with Crippen LogP contribution in [0.4, 0.5) is 0 Å². The number of ether oxygens (including phenoxy) is 1. The van der Waals surface area contributed by atoms with E-state index in [0.717, 1.165) is 12.3 Å². The first-order valence-corrected chi connectivity index (χ1v) is 6.58. The lowest BCUT2D eigenvalue weighted by molar-refractivity contribution is 0.401. The summed E-state index contributed by atoms with van der Waals surface area (Å²) < 4.78 is 5.37. The number of para-hydroxylation sites is 1. The van der Waals surface area contributed by atoms with E-state index in [2.05, 4.69) is 35.8 Å². The molecule has 0 spiro atoms. The summed E-state index contributed by atoms with van der Waals surface area (Å²) in [6, 6.07) is 12.6. The molecule has 1 aromatic heterocycles. The van der Waals surface area contributed by atoms with Crippen LogP contribution in [0, 0.1) is 0 Å². The highest BCUT2D eigenvalue weighted by molar-refractivity contribution is 7.09. The van der Waals surface area contributed by atoms with Crippen molar-refractivity contribution in [3.05, 3.63) is 52.2 Å². The zero-order valence-corrected chi connectivity index (χ0v) is 11.0. The minimum Gasteiger partial charge on any atom is -0.496 e. The number of thiophene rings is 1. The van der Waals surface area contributed by atoms with Crippen molar-refractivity contribution in [2.75, 3.05) is 7.11 Å². The molecule has 0 saturated carbocycles. The van der Waals surface area contributed by atoms with E-state index in [1.165, 1.54) is 10.4 Å². The van der Waals surface area contributed by atoms with Crippen molar-refractivity contribution < 1.29 is 4.74 Å². The number of hydrogen-bond donors (Lipinski definition) is 1. The predicted octanol–water partition coefficient (Wildman–Crippen LogP) is 3.61. The molecule has 3 heteroatoms. The molecule has 2 aromatic rings. The number of rotatable bonds is 5. The molecule has 90 valence electrons. The Bertz CT molecular complexity index is 453. The molecule has 0 fully saturated rings. The van der Waals surface area contributed by atoms with Crippen LogP contribution in [0.15, 0.2) is 41.8 Å². The molecular weight excluding hydrogens is 230 g/mol. The van der Waals surface area contributed by atoms with Crippen LogP contribution in [-0.4, -0.2) is 7.11 Å². The number of nitrogens with one attached hydrogen (secondary N) is 1. The van der Waals surface area contributed by atoms with Gasteiger partial charge in [-0.1, -0.05) is 24.3 Å². The lowest BCUT2D eigenvalue weighted by Gasteiger charge is -2.16. The van der Waals surface area contributed by atoms with Gasteiger partial charge in [-0.25, -0.2) is 0 Å². The van der Waals surface area contributed by atoms with Gasteiger partial charge in [0.2, 0.25) is 0 Å². The largest absolute Gasteiger partial charge is 0.496 e. The number of hydrogen-bond acceptors (Lipinski definition) is 3. The first kappa shape index (κ1) is 12.1. The SMILES string of the molecule is COc1ccccc1C(C)NCc1cccs1. The normalized spacial score (nSPS) is 12.4. The summed E-state index contributed by atoms with van der Waals surface area (Å²) in [5.41, 5.74) is 1.20. The van der Waals surface area contributed by atoms with Gasteiger partial charge in [0.05, 0.1) is 7.11 Å². The third-order valence-electron chi connectivity index (χ3n) is 2.77. The van der Waals surface area contributed by atoms with Gasteiger partial charge in [-0.3, -0.25) is 0 Å². The van der Waals surface area contributed by atoms with E-state index < -0.39 is 0 Å². The minimum absolute atomic E-state index is 0.285. The third-order valence-corrected chi connectivity index (χ3v) is 3.64. The van der Waals surface area contributed by atoms with Crippen LogP contribution >= 0.6 is 11.3 Å². The van der Waals surface area contributed by atoms with Crippen LogP contribution in [0.2, 0.25) is 0 Å². The highest BCUT2D eigenvalue weighted by Crippen LogP contribution is 2.24. The zero-order valence-electron chi connectivity index (χ0n) is 10.1. The Morgan fingerprint density at radius 3 is 2.76 bits per heavy atom. The van der Waals surface area contributed by atoms with Gasteiger partial charge in [-0.15, -0.1) is 11.3 Å². The fourth-order valence-electron chi connectivity index (χ4n) is 1.80. The smallest absolute Gasteiger partial charge is 0.123 e. The molecule has 0 amide bonds. The maximum atomic E-state index is 5.37. The maximum Gasteiger partial charge on any atom is 0.123 e. The third kappa shape index (κ3) is 3.08. The van der Waals surface area contributed by atoms with Crippen molar-refractivity contribution in [3.63, 3.8) is 0 Å². The van der Waals surface area contributed by atoms with Crippen molar-refractivity contribution in [1.82, 2.24) is 5.32 Å². The summed E-state index contributed by atoms with van der Waals surface area (Å²) in [5, 5.41) is 5.61. The minimum atomic E-state index is 0.285. The summed E-state index contributed by atoms with van der Waals surface area (Å²) in [5.74, 6) is 0.943. The second-order valence-corrected chi connectivity index (χ2v) is 4.96. The average Bonchev–Trinajstić information content (AvgIpc) is 2.89. The molecule has 0 aliphatic heterocycles. The quantitative estimate of drug-likeness (QED) is 0.871. The first-order chi connectivity index (χ1) is 8.31. The van der Waals surface area contributed by atoms with Gasteiger partial charge < -0.3 is 10.1 Å². The van der Waals surface area contributed by atoms with Crippen molar-refractivity contribution in [2.24, 2.45) is 0 Å². The maximum absolute atomic E-state index is 5.37. The number of methoxy groups -OCH3 is 1. The molecular formula is C14H17NOS. The predicted molar refractivity (Wildman–Crippen MR) is 72.6 cm³/mol. The topological polar surface area (TPSA) is 21.3 Å². The monoisotopic (exact) mass is 247 g/mol. The van der Waals surface area contributed by atoms with Crippen LogP contribution in [0.25, 0.3) is 0 Å². The summed E-state index contributed by atoms with van der Waals surface area (Å²) >= 11 is 1.78. The molecule has 0 radical (unpaired) electrons. The molecule has 2 nitrogen and oxygen atoms in total. The van der Waals surface area contributed by atoms with Crippen molar-refractivity contribution >= 4 is 11.3 Å². The van der Waals surface area contributed by atoms with E-state index >= 15 is 0 Å². The Balaban J connectivity index is 2.01. The van der Waals surface area contributed by atoms with Gasteiger partial charge in [0, 0.05) is 23.0 Å². The molecule has 0 aliphatic carbocycles. The average molecular weight is 247 g/mol. The van der Waals surface area contributed by atoms with Gasteiger partial charge in [0.25, 0.3) is 0 Å². The van der Waals surface area contributed by atoms with Gasteiger partial charge in [-0.05, 0) is 24.4 Å². The van der Waals surface area contributed by atoms with E-state index in [-0.39, 0.29) is 6.04 Å². The van der Waals surface area contributed by atoms with Crippen LogP contribution in [0.5, 0.6) is 5.75 Å². The van der Waals surface area contributed by atoms with Crippen molar-refractivity contribution in [2.45, 2.75) is 19.5 Å². The van der Waals surface area contributed by atoms with Gasteiger partial charge in [0.1, 0.15) is 5.75 Å². The Hall–Kier alpha value is -1.32. The summed E-state index contributed by atoms with van der Waals surface area (Å²) in [6.07, 6.45) is 0. The highest BCUT2D eigenvalue weighted by atomic mass is 32.1. The molecule has 1 heterocycles. The fourth-order valence-corrected chi connectivity index (χ4v) is 2.46. The van der Waals surface area contributed by atoms with E-state index in [1.54, 1.807) is 18.4 Å². The van der Waals surface area contributed by atoms with E-state index in [1.807, 2.05) is 18.2 Å². The Kier molecular flexibility index (Phi) is 4.18. The molecule has 0 aliphatic rings.